The van der Waals surface area contributed by atoms with Gasteiger partial charge in [-0.3, -0.25) is 4.79 Å². The average Bonchev–Trinajstić information content (AvgIpc) is 3.00. The summed E-state index contributed by atoms with van der Waals surface area (Å²) < 4.78 is 18.7. The number of alkyl halides is 1. The summed E-state index contributed by atoms with van der Waals surface area (Å²) in [5.74, 6) is 0.457. The molecule has 3 atom stereocenters. The summed E-state index contributed by atoms with van der Waals surface area (Å²) in [6.07, 6.45) is 0.395. The Balaban J connectivity index is 0.00000338. The molecule has 26 heavy (non-hydrogen) atoms. The van der Waals surface area contributed by atoms with E-state index >= 15 is 0 Å². The Bertz CT molecular complexity index is 645. The molecular formula is C19H27ClFN3O2. The van der Waals surface area contributed by atoms with E-state index in [9.17, 15) is 9.18 Å². The van der Waals surface area contributed by atoms with Crippen LogP contribution in [0.25, 0.3) is 0 Å². The third-order valence-corrected chi connectivity index (χ3v) is 5.01. The molecule has 1 amide bonds. The number of hydrogen-bond acceptors (Lipinski definition) is 4. The number of aryl methyl sites for hydroxylation is 1. The van der Waals surface area contributed by atoms with E-state index in [1.807, 2.05) is 44.2 Å². The number of nitrogens with two attached hydrogens (primary N) is 1. The van der Waals surface area contributed by atoms with Crippen molar-refractivity contribution in [2.75, 3.05) is 13.7 Å². The first-order valence-electron chi connectivity index (χ1n) is 8.51. The SMILES string of the molecule is COc1ccc(CCC(C)(C)[C@H](N)C(=O)N2C[C@@H](F)C[C@H]2C#N)cc1.Cl. The summed E-state index contributed by atoms with van der Waals surface area (Å²) in [6.45, 7) is 3.83. The molecule has 2 rings (SSSR count). The monoisotopic (exact) mass is 383 g/mol. The molecule has 5 nitrogen and oxygen atoms in total. The second-order valence-corrected chi connectivity index (χ2v) is 7.28. The minimum atomic E-state index is -1.15. The number of likely N-dealkylation sites (tertiary alicyclic amines) is 1. The third-order valence-electron chi connectivity index (χ3n) is 5.01. The van der Waals surface area contributed by atoms with Crippen molar-refractivity contribution < 1.29 is 13.9 Å². The van der Waals surface area contributed by atoms with Gasteiger partial charge in [0.15, 0.2) is 0 Å². The van der Waals surface area contributed by atoms with Gasteiger partial charge < -0.3 is 15.4 Å². The molecule has 0 spiro atoms. The smallest absolute Gasteiger partial charge is 0.241 e. The van der Waals surface area contributed by atoms with Crippen molar-refractivity contribution in [2.24, 2.45) is 11.1 Å². The lowest BCUT2D eigenvalue weighted by Gasteiger charge is -2.34. The molecule has 0 unspecified atom stereocenters. The van der Waals surface area contributed by atoms with Gasteiger partial charge in [-0.2, -0.15) is 5.26 Å². The van der Waals surface area contributed by atoms with E-state index in [0.29, 0.717) is 6.42 Å². The second kappa shape index (κ2) is 9.20. The van der Waals surface area contributed by atoms with Gasteiger partial charge in [-0.15, -0.1) is 12.4 Å². The first-order chi connectivity index (χ1) is 11.8. The molecule has 1 aliphatic heterocycles. The molecule has 0 bridgehead atoms. The minimum Gasteiger partial charge on any atom is -0.497 e. The molecule has 1 aromatic carbocycles. The van der Waals surface area contributed by atoms with Gasteiger partial charge >= 0.3 is 0 Å². The van der Waals surface area contributed by atoms with E-state index in [-0.39, 0.29) is 31.3 Å². The van der Waals surface area contributed by atoms with Crippen molar-refractivity contribution in [3.63, 3.8) is 0 Å². The molecule has 7 heteroatoms. The molecule has 144 valence electrons. The highest BCUT2D eigenvalue weighted by atomic mass is 35.5. The van der Waals surface area contributed by atoms with E-state index in [1.54, 1.807) is 7.11 Å². The number of hydrogen-bond donors (Lipinski definition) is 1. The molecule has 1 fully saturated rings. The fourth-order valence-corrected chi connectivity index (χ4v) is 3.08. The number of methoxy groups -OCH3 is 1. The van der Waals surface area contributed by atoms with Gasteiger partial charge in [0.25, 0.3) is 0 Å². The van der Waals surface area contributed by atoms with Crippen LogP contribution < -0.4 is 10.5 Å². The van der Waals surface area contributed by atoms with Gasteiger partial charge in [-0.25, -0.2) is 4.39 Å². The number of carbonyl (C=O) groups is 1. The number of carbonyl (C=O) groups excluding carboxylic acids is 1. The first kappa shape index (κ1) is 22.2. The number of amides is 1. The number of benzene rings is 1. The number of rotatable bonds is 6. The molecule has 1 heterocycles. The zero-order chi connectivity index (χ0) is 18.6. The van der Waals surface area contributed by atoms with Crippen LogP contribution in [0.15, 0.2) is 24.3 Å². The number of nitrogens with zero attached hydrogens (tertiary/aromatic N) is 2. The van der Waals surface area contributed by atoms with Gasteiger partial charge in [0.1, 0.15) is 18.0 Å². The van der Waals surface area contributed by atoms with Gasteiger partial charge in [-0.05, 0) is 36.0 Å². The molecule has 1 saturated heterocycles. The summed E-state index contributed by atoms with van der Waals surface area (Å²) >= 11 is 0. The van der Waals surface area contributed by atoms with Gasteiger partial charge in [-0.1, -0.05) is 26.0 Å². The molecule has 0 aliphatic carbocycles. The topological polar surface area (TPSA) is 79.3 Å². The van der Waals surface area contributed by atoms with Crippen molar-refractivity contribution >= 4 is 18.3 Å². The lowest BCUT2D eigenvalue weighted by atomic mass is 9.79. The molecule has 0 aromatic heterocycles. The average molecular weight is 384 g/mol. The van der Waals surface area contributed by atoms with Crippen LogP contribution in [0.5, 0.6) is 5.75 Å². The normalized spacial score (nSPS) is 20.8. The summed E-state index contributed by atoms with van der Waals surface area (Å²) in [4.78, 5) is 14.0. The highest BCUT2D eigenvalue weighted by molar-refractivity contribution is 5.85. The highest BCUT2D eigenvalue weighted by Gasteiger charge is 2.41. The van der Waals surface area contributed by atoms with Crippen LogP contribution in [0.3, 0.4) is 0 Å². The summed E-state index contributed by atoms with van der Waals surface area (Å²) in [5.41, 5.74) is 6.87. The highest BCUT2D eigenvalue weighted by Crippen LogP contribution is 2.30. The molecule has 1 aliphatic rings. The maximum Gasteiger partial charge on any atom is 0.241 e. The van der Waals surface area contributed by atoms with Crippen LogP contribution in [-0.4, -0.2) is 42.7 Å². The first-order valence-corrected chi connectivity index (χ1v) is 8.51. The van der Waals surface area contributed by atoms with E-state index in [0.717, 1.165) is 17.7 Å². The van der Waals surface area contributed by atoms with E-state index in [2.05, 4.69) is 0 Å². The van der Waals surface area contributed by atoms with Gasteiger partial charge in [0, 0.05) is 6.42 Å². The fourth-order valence-electron chi connectivity index (χ4n) is 3.08. The van der Waals surface area contributed by atoms with Crippen molar-refractivity contribution in [3.8, 4) is 11.8 Å². The second-order valence-electron chi connectivity index (χ2n) is 7.28. The van der Waals surface area contributed by atoms with Crippen LogP contribution in [0.1, 0.15) is 32.3 Å². The van der Waals surface area contributed by atoms with Crippen molar-refractivity contribution in [2.45, 2.75) is 51.4 Å². The van der Waals surface area contributed by atoms with Crippen LogP contribution in [0.4, 0.5) is 4.39 Å². The Labute approximate surface area is 160 Å². The van der Waals surface area contributed by atoms with Gasteiger partial charge in [0.2, 0.25) is 5.91 Å². The van der Waals surface area contributed by atoms with E-state index < -0.39 is 23.7 Å². The Morgan fingerprint density at radius 1 is 1.46 bits per heavy atom. The zero-order valence-electron chi connectivity index (χ0n) is 15.4. The standard InChI is InChI=1S/C19H26FN3O2.ClH/c1-19(2,9-8-13-4-6-16(25-3)7-5-13)17(22)18(24)23-12-14(20)10-15(23)11-21;/h4-7,14-15,17H,8-10,12,22H2,1-3H3;1H/t14-,15-,17+;/m0./s1. The van der Waals surface area contributed by atoms with Crippen LogP contribution in [0, 0.1) is 16.7 Å². The Hall–Kier alpha value is -1.84. The lowest BCUT2D eigenvalue weighted by molar-refractivity contribution is -0.135. The van der Waals surface area contributed by atoms with Gasteiger partial charge in [0.05, 0.1) is 25.8 Å². The third kappa shape index (κ3) is 5.09. The van der Waals surface area contributed by atoms with Crippen LogP contribution in [-0.2, 0) is 11.2 Å². The number of nitriles is 1. The lowest BCUT2D eigenvalue weighted by Crippen LogP contribution is -2.52. The predicted octanol–water partition coefficient (Wildman–Crippen LogP) is 2.87. The van der Waals surface area contributed by atoms with Crippen molar-refractivity contribution in [1.29, 1.82) is 5.26 Å². The molecule has 2 N–H and O–H groups in total. The van der Waals surface area contributed by atoms with Crippen molar-refractivity contribution in [1.82, 2.24) is 4.90 Å². The fraction of sp³-hybridized carbons (Fsp3) is 0.579. The van der Waals surface area contributed by atoms with E-state index in [4.69, 9.17) is 15.7 Å². The number of ether oxygens (including phenoxy) is 1. The maximum absolute atomic E-state index is 13.6. The summed E-state index contributed by atoms with van der Waals surface area (Å²) in [7, 11) is 1.62. The Kier molecular flexibility index (Phi) is 7.86. The zero-order valence-corrected chi connectivity index (χ0v) is 16.3. The maximum atomic E-state index is 13.6. The summed E-state index contributed by atoms with van der Waals surface area (Å²) in [6, 6.07) is 8.29. The number of halogens is 2. The van der Waals surface area contributed by atoms with E-state index in [1.165, 1.54) is 4.90 Å². The quantitative estimate of drug-likeness (QED) is 0.819. The molecular weight excluding hydrogens is 357 g/mol. The Morgan fingerprint density at radius 2 is 2.08 bits per heavy atom. The van der Waals surface area contributed by atoms with Crippen LogP contribution in [0.2, 0.25) is 0 Å². The molecule has 0 radical (unpaired) electrons. The molecule has 0 saturated carbocycles. The van der Waals surface area contributed by atoms with Crippen molar-refractivity contribution in [3.05, 3.63) is 29.8 Å². The molecule has 1 aromatic rings. The predicted molar refractivity (Wildman–Crippen MR) is 101 cm³/mol. The summed E-state index contributed by atoms with van der Waals surface area (Å²) in [5, 5.41) is 9.12. The largest absolute Gasteiger partial charge is 0.497 e. The Morgan fingerprint density at radius 3 is 2.62 bits per heavy atom. The minimum absolute atomic E-state index is 0. The van der Waals surface area contributed by atoms with Crippen LogP contribution >= 0.6 is 12.4 Å².